The number of para-hydroxylation sites is 1. The molecule has 0 spiro atoms. The van der Waals surface area contributed by atoms with Crippen molar-refractivity contribution in [2.24, 2.45) is 0 Å². The maximum atomic E-state index is 14.5. The molecule has 1 amide bonds. The van der Waals surface area contributed by atoms with Gasteiger partial charge in [-0.2, -0.15) is 0 Å². The first-order valence-corrected chi connectivity index (χ1v) is 14.8. The average molecular weight is 597 g/mol. The number of likely N-dealkylation sites (N-methyl/N-ethyl adjacent to an activating group) is 1. The van der Waals surface area contributed by atoms with Crippen molar-refractivity contribution in [1.82, 2.24) is 19.8 Å². The number of fused-ring (bicyclic) bond motifs is 4. The van der Waals surface area contributed by atoms with E-state index in [0.29, 0.717) is 54.3 Å². The van der Waals surface area contributed by atoms with Crippen LogP contribution in [0.25, 0.3) is 33.4 Å². The number of nitrogens with one attached hydrogen (secondary N) is 2. The molecule has 228 valence electrons. The number of benzene rings is 3. The number of nitrogens with zero attached hydrogens (tertiary/aromatic N) is 2. The third-order valence-corrected chi connectivity index (χ3v) is 8.20. The van der Waals surface area contributed by atoms with Crippen molar-refractivity contribution < 1.29 is 23.8 Å². The molecule has 3 heterocycles. The topological polar surface area (TPSA) is 91.8 Å². The van der Waals surface area contributed by atoms with Crippen LogP contribution in [0.15, 0.2) is 72.9 Å². The largest absolute Gasteiger partial charge is 0.493 e. The van der Waals surface area contributed by atoms with E-state index in [9.17, 15) is 14.3 Å². The van der Waals surface area contributed by atoms with Crippen LogP contribution in [0, 0.1) is 5.82 Å². The summed E-state index contributed by atoms with van der Waals surface area (Å²) >= 11 is 0. The fourth-order valence-corrected chi connectivity index (χ4v) is 6.00. The van der Waals surface area contributed by atoms with E-state index >= 15 is 0 Å². The van der Waals surface area contributed by atoms with Crippen LogP contribution in [0.2, 0.25) is 0 Å². The molecule has 0 saturated heterocycles. The molecule has 0 aliphatic carbocycles. The molecule has 0 bridgehead atoms. The monoisotopic (exact) mass is 596 g/mol. The number of ether oxygens (including phenoxy) is 2. The summed E-state index contributed by atoms with van der Waals surface area (Å²) in [6, 6.07) is 19.6. The summed E-state index contributed by atoms with van der Waals surface area (Å²) in [7, 11) is 5.61. The molecule has 5 aromatic rings. The van der Waals surface area contributed by atoms with Crippen molar-refractivity contribution >= 4 is 16.8 Å². The van der Waals surface area contributed by atoms with Gasteiger partial charge in [-0.15, -0.1) is 0 Å². The van der Waals surface area contributed by atoms with Crippen LogP contribution in [-0.4, -0.2) is 72.5 Å². The molecule has 1 atom stereocenters. The number of hydrogen-bond acceptors (Lipinski definition) is 5. The van der Waals surface area contributed by atoms with E-state index in [2.05, 4.69) is 14.9 Å². The zero-order chi connectivity index (χ0) is 30.8. The van der Waals surface area contributed by atoms with Crippen LogP contribution >= 0.6 is 0 Å². The van der Waals surface area contributed by atoms with Gasteiger partial charge in [-0.1, -0.05) is 30.3 Å². The molecular formula is C35H37FN4O4. The van der Waals surface area contributed by atoms with E-state index < -0.39 is 6.04 Å². The summed E-state index contributed by atoms with van der Waals surface area (Å²) in [5.41, 5.74) is 6.53. The van der Waals surface area contributed by atoms with Crippen LogP contribution in [0.5, 0.6) is 11.5 Å². The lowest BCUT2D eigenvalue weighted by molar-refractivity contribution is 0.0917. The summed E-state index contributed by atoms with van der Waals surface area (Å²) in [4.78, 5) is 19.3. The highest BCUT2D eigenvalue weighted by Gasteiger charge is 2.29. The Kier molecular flexibility index (Phi) is 8.41. The van der Waals surface area contributed by atoms with Gasteiger partial charge in [-0.3, -0.25) is 4.79 Å². The number of amides is 1. The highest BCUT2D eigenvalue weighted by Crippen LogP contribution is 2.42. The molecule has 1 aliphatic rings. The fraction of sp³-hybridized carbons (Fsp3) is 0.286. The van der Waals surface area contributed by atoms with Gasteiger partial charge in [-0.05, 0) is 74.5 Å². The van der Waals surface area contributed by atoms with Crippen LogP contribution < -0.4 is 14.8 Å². The Bertz CT molecular complexity index is 1810. The molecule has 0 saturated carbocycles. The predicted octanol–water partition coefficient (Wildman–Crippen LogP) is 5.28. The summed E-state index contributed by atoms with van der Waals surface area (Å²) < 4.78 is 28.4. The smallest absolute Gasteiger partial charge is 0.253 e. The number of aryl methyl sites for hydroxylation is 1. The average Bonchev–Trinajstić information content (AvgIpc) is 3.62. The number of H-pyrrole nitrogens is 1. The number of methoxy groups -OCH3 is 1. The molecule has 2 aromatic heterocycles. The van der Waals surface area contributed by atoms with Gasteiger partial charge >= 0.3 is 0 Å². The number of carbonyl (C=O) groups is 1. The molecule has 1 aliphatic heterocycles. The van der Waals surface area contributed by atoms with Crippen molar-refractivity contribution in [2.75, 3.05) is 41.0 Å². The Balaban J connectivity index is 1.38. The molecule has 3 N–H and O–H groups in total. The van der Waals surface area contributed by atoms with E-state index in [1.54, 1.807) is 13.2 Å². The van der Waals surface area contributed by atoms with Crippen LogP contribution in [0.1, 0.15) is 21.5 Å². The summed E-state index contributed by atoms with van der Waals surface area (Å²) in [6.07, 6.45) is 3.07. The normalized spacial score (nSPS) is 13.0. The van der Waals surface area contributed by atoms with Gasteiger partial charge in [0.05, 0.1) is 31.0 Å². The summed E-state index contributed by atoms with van der Waals surface area (Å²) in [6.45, 7) is 1.61. The van der Waals surface area contributed by atoms with Gasteiger partial charge in [0.2, 0.25) is 0 Å². The Morgan fingerprint density at radius 1 is 1.11 bits per heavy atom. The summed E-state index contributed by atoms with van der Waals surface area (Å²) in [5, 5.41) is 14.4. The van der Waals surface area contributed by atoms with Gasteiger partial charge < -0.3 is 34.3 Å². The first kappa shape index (κ1) is 29.5. The number of rotatable bonds is 11. The van der Waals surface area contributed by atoms with E-state index in [1.807, 2.05) is 73.7 Å². The molecule has 0 fully saturated rings. The lowest BCUT2D eigenvalue weighted by Crippen LogP contribution is -2.39. The lowest BCUT2D eigenvalue weighted by Gasteiger charge is -2.24. The number of carbonyl (C=O) groups excluding carboxylic acids is 1. The van der Waals surface area contributed by atoms with Crippen molar-refractivity contribution in [3.8, 4) is 34.0 Å². The minimum Gasteiger partial charge on any atom is -0.493 e. The first-order chi connectivity index (χ1) is 21.4. The minimum atomic E-state index is -0.521. The number of halogens is 1. The standard InChI is InChI=1S/C35H37FN4O4/c1-39(2)13-14-44-33-19-28-22(17-32(33)43-3)11-12-40-31(28)18-29(34(40)23-7-6-8-25(36)15-23)35(42)38-26(21-41)16-24-20-37-30-10-5-4-9-27(24)30/h4-10,15,17-20,26,37,41H,11-14,16,21H2,1-3H3,(H,38,42). The van der Waals surface area contributed by atoms with E-state index in [4.69, 9.17) is 9.47 Å². The second kappa shape index (κ2) is 12.6. The quantitative estimate of drug-likeness (QED) is 0.193. The molecule has 0 radical (unpaired) electrons. The Morgan fingerprint density at radius 2 is 1.95 bits per heavy atom. The molecule has 1 unspecified atom stereocenters. The SMILES string of the molecule is COc1cc2c(cc1OCCN(C)C)-c1cc(C(=O)NC(CO)Cc3c[nH]c4ccccc34)c(-c3cccc(F)c3)n1CC2. The Hall–Kier alpha value is -4.60. The minimum absolute atomic E-state index is 0.232. The van der Waals surface area contributed by atoms with Crippen molar-refractivity contribution in [1.29, 1.82) is 0 Å². The number of hydrogen-bond donors (Lipinski definition) is 3. The number of aliphatic hydroxyl groups excluding tert-OH is 1. The maximum absolute atomic E-state index is 14.5. The maximum Gasteiger partial charge on any atom is 0.253 e. The van der Waals surface area contributed by atoms with Crippen LogP contribution in [0.3, 0.4) is 0 Å². The van der Waals surface area contributed by atoms with Gasteiger partial charge in [0.15, 0.2) is 11.5 Å². The predicted molar refractivity (Wildman–Crippen MR) is 170 cm³/mol. The molecule has 8 nitrogen and oxygen atoms in total. The highest BCUT2D eigenvalue weighted by atomic mass is 19.1. The Morgan fingerprint density at radius 3 is 2.73 bits per heavy atom. The zero-order valence-electron chi connectivity index (χ0n) is 25.2. The van der Waals surface area contributed by atoms with E-state index in [0.717, 1.165) is 39.8 Å². The zero-order valence-corrected chi connectivity index (χ0v) is 25.2. The molecule has 6 rings (SSSR count). The Labute approximate surface area is 256 Å². The van der Waals surface area contributed by atoms with Crippen molar-refractivity contribution in [2.45, 2.75) is 25.4 Å². The number of aliphatic hydroxyl groups is 1. The number of aromatic amines is 1. The second-order valence-electron chi connectivity index (χ2n) is 11.4. The van der Waals surface area contributed by atoms with Crippen molar-refractivity contribution in [3.05, 3.63) is 95.4 Å². The molecule has 3 aromatic carbocycles. The lowest BCUT2D eigenvalue weighted by atomic mass is 9.97. The fourth-order valence-electron chi connectivity index (χ4n) is 6.00. The summed E-state index contributed by atoms with van der Waals surface area (Å²) in [5.74, 6) is 0.575. The third kappa shape index (κ3) is 5.80. The van der Waals surface area contributed by atoms with E-state index in [1.165, 1.54) is 12.1 Å². The van der Waals surface area contributed by atoms with Gasteiger partial charge in [-0.25, -0.2) is 4.39 Å². The second-order valence-corrected chi connectivity index (χ2v) is 11.4. The molecule has 9 heteroatoms. The molecular weight excluding hydrogens is 559 g/mol. The van der Waals surface area contributed by atoms with Gasteiger partial charge in [0.1, 0.15) is 12.4 Å². The van der Waals surface area contributed by atoms with Gasteiger partial charge in [0.25, 0.3) is 5.91 Å². The third-order valence-electron chi connectivity index (χ3n) is 8.20. The first-order valence-electron chi connectivity index (χ1n) is 14.8. The van der Waals surface area contributed by atoms with Gasteiger partial charge in [0, 0.05) is 47.0 Å². The van der Waals surface area contributed by atoms with Crippen LogP contribution in [0.4, 0.5) is 4.39 Å². The molecule has 44 heavy (non-hydrogen) atoms. The van der Waals surface area contributed by atoms with Crippen LogP contribution in [-0.2, 0) is 19.4 Å². The van der Waals surface area contributed by atoms with E-state index in [-0.39, 0.29) is 18.3 Å². The van der Waals surface area contributed by atoms with Crippen molar-refractivity contribution in [3.63, 3.8) is 0 Å². The number of aromatic nitrogens is 2. The highest BCUT2D eigenvalue weighted by molar-refractivity contribution is 6.02.